The number of hydrogen-bond acceptors (Lipinski definition) is 4. The van der Waals surface area contributed by atoms with Crippen LogP contribution in [0.3, 0.4) is 0 Å². The summed E-state index contributed by atoms with van der Waals surface area (Å²) in [6, 6.07) is 8.30. The van der Waals surface area contributed by atoms with Gasteiger partial charge in [0.05, 0.1) is 18.7 Å². The summed E-state index contributed by atoms with van der Waals surface area (Å²) in [4.78, 5) is 0. The molecule has 5 nitrogen and oxygen atoms in total. The van der Waals surface area contributed by atoms with E-state index in [0.717, 1.165) is 30.0 Å². The van der Waals surface area contributed by atoms with Gasteiger partial charge in [-0.3, -0.25) is 0 Å². The Balaban J connectivity index is 1.99. The first kappa shape index (κ1) is 12.1. The normalized spacial score (nSPS) is 16.5. The first-order valence-corrected chi connectivity index (χ1v) is 6.81. The minimum atomic E-state index is 0.420. The van der Waals surface area contributed by atoms with Gasteiger partial charge in [-0.25, -0.2) is 4.68 Å². The van der Waals surface area contributed by atoms with E-state index in [0.29, 0.717) is 6.04 Å². The van der Waals surface area contributed by atoms with E-state index in [-0.39, 0.29) is 0 Å². The minimum Gasteiger partial charge on any atom is -0.496 e. The number of methoxy groups -OCH3 is 1. The molecule has 1 aromatic heterocycles. The number of nitrogens with zero attached hydrogens (tertiary/aromatic N) is 4. The second kappa shape index (κ2) is 5.38. The number of tetrazole rings is 1. The Morgan fingerprint density at radius 1 is 1.16 bits per heavy atom. The van der Waals surface area contributed by atoms with Crippen LogP contribution in [0.2, 0.25) is 0 Å². The Hall–Kier alpha value is -1.91. The van der Waals surface area contributed by atoms with Gasteiger partial charge in [-0.1, -0.05) is 31.4 Å². The van der Waals surface area contributed by atoms with Crippen LogP contribution in [0.5, 0.6) is 5.75 Å². The molecule has 0 radical (unpaired) electrons. The number of hydrogen-bond donors (Lipinski definition) is 0. The number of benzene rings is 1. The molecule has 0 unspecified atom stereocenters. The van der Waals surface area contributed by atoms with Crippen molar-refractivity contribution in [3.05, 3.63) is 24.3 Å². The molecule has 0 aliphatic heterocycles. The summed E-state index contributed by atoms with van der Waals surface area (Å²) >= 11 is 0. The van der Waals surface area contributed by atoms with Gasteiger partial charge in [-0.2, -0.15) is 0 Å². The molecule has 0 N–H and O–H groups in total. The van der Waals surface area contributed by atoms with E-state index >= 15 is 0 Å². The predicted molar refractivity (Wildman–Crippen MR) is 71.9 cm³/mol. The highest BCUT2D eigenvalue weighted by atomic mass is 16.5. The second-order valence-electron chi connectivity index (χ2n) is 4.94. The largest absolute Gasteiger partial charge is 0.496 e. The number of para-hydroxylation sites is 1. The molecule has 0 amide bonds. The number of rotatable bonds is 3. The van der Waals surface area contributed by atoms with Crippen LogP contribution in [0.15, 0.2) is 24.3 Å². The van der Waals surface area contributed by atoms with Crippen LogP contribution in [0.1, 0.15) is 38.1 Å². The number of ether oxygens (including phenoxy) is 1. The molecule has 0 bridgehead atoms. The lowest BCUT2D eigenvalue weighted by atomic mass is 9.95. The highest BCUT2D eigenvalue weighted by molar-refractivity contribution is 5.63. The quantitative estimate of drug-likeness (QED) is 0.849. The molecule has 1 aliphatic rings. The molecule has 1 aliphatic carbocycles. The first-order chi connectivity index (χ1) is 9.40. The molecule has 1 heterocycles. The van der Waals surface area contributed by atoms with Crippen molar-refractivity contribution in [1.29, 1.82) is 0 Å². The Kier molecular flexibility index (Phi) is 3.44. The van der Waals surface area contributed by atoms with Crippen LogP contribution >= 0.6 is 0 Å². The standard InChI is InChI=1S/C14H18N4O/c1-19-13-10-6-5-9-12(13)14-15-16-17-18(14)11-7-3-2-4-8-11/h5-6,9-11H,2-4,7-8H2,1H3. The average molecular weight is 258 g/mol. The van der Waals surface area contributed by atoms with Crippen molar-refractivity contribution < 1.29 is 4.74 Å². The van der Waals surface area contributed by atoms with Crippen molar-refractivity contribution in [2.75, 3.05) is 7.11 Å². The SMILES string of the molecule is COc1ccccc1-c1nnnn1C1CCCCC1. The van der Waals surface area contributed by atoms with E-state index < -0.39 is 0 Å². The highest BCUT2D eigenvalue weighted by Crippen LogP contribution is 2.33. The highest BCUT2D eigenvalue weighted by Gasteiger charge is 2.22. The van der Waals surface area contributed by atoms with Crippen LogP contribution in [0.4, 0.5) is 0 Å². The van der Waals surface area contributed by atoms with Gasteiger partial charge in [0.1, 0.15) is 5.75 Å². The van der Waals surface area contributed by atoms with E-state index in [1.54, 1.807) is 7.11 Å². The summed E-state index contributed by atoms with van der Waals surface area (Å²) < 4.78 is 7.37. The molecular weight excluding hydrogens is 240 g/mol. The van der Waals surface area contributed by atoms with E-state index in [1.165, 1.54) is 19.3 Å². The smallest absolute Gasteiger partial charge is 0.186 e. The lowest BCUT2D eigenvalue weighted by molar-refractivity contribution is 0.326. The van der Waals surface area contributed by atoms with E-state index in [2.05, 4.69) is 15.5 Å². The molecule has 100 valence electrons. The van der Waals surface area contributed by atoms with Gasteiger partial charge in [0.25, 0.3) is 0 Å². The van der Waals surface area contributed by atoms with Crippen LogP contribution < -0.4 is 4.74 Å². The summed E-state index contributed by atoms with van der Waals surface area (Å²) in [5, 5.41) is 12.2. The summed E-state index contributed by atoms with van der Waals surface area (Å²) in [6.07, 6.45) is 6.16. The van der Waals surface area contributed by atoms with Crippen molar-refractivity contribution >= 4 is 0 Å². The van der Waals surface area contributed by atoms with Crippen molar-refractivity contribution in [2.24, 2.45) is 0 Å². The van der Waals surface area contributed by atoms with Gasteiger partial charge in [0.2, 0.25) is 0 Å². The lowest BCUT2D eigenvalue weighted by Gasteiger charge is -2.22. The van der Waals surface area contributed by atoms with Crippen molar-refractivity contribution in [3.8, 4) is 17.1 Å². The van der Waals surface area contributed by atoms with E-state index in [4.69, 9.17) is 4.74 Å². The van der Waals surface area contributed by atoms with Crippen LogP contribution in [-0.2, 0) is 0 Å². The molecule has 5 heteroatoms. The zero-order valence-electron chi connectivity index (χ0n) is 11.1. The zero-order chi connectivity index (χ0) is 13.1. The topological polar surface area (TPSA) is 52.8 Å². The molecule has 0 spiro atoms. The van der Waals surface area contributed by atoms with E-state index in [1.807, 2.05) is 28.9 Å². The Morgan fingerprint density at radius 2 is 1.95 bits per heavy atom. The second-order valence-corrected chi connectivity index (χ2v) is 4.94. The van der Waals surface area contributed by atoms with Crippen molar-refractivity contribution in [1.82, 2.24) is 20.2 Å². The molecule has 0 saturated heterocycles. The van der Waals surface area contributed by atoms with Crippen LogP contribution in [0, 0.1) is 0 Å². The van der Waals surface area contributed by atoms with Gasteiger partial charge in [0.15, 0.2) is 5.82 Å². The fourth-order valence-electron chi connectivity index (χ4n) is 2.77. The van der Waals surface area contributed by atoms with Crippen LogP contribution in [-0.4, -0.2) is 27.3 Å². The zero-order valence-corrected chi connectivity index (χ0v) is 11.1. The van der Waals surface area contributed by atoms with Gasteiger partial charge in [-0.05, 0) is 35.4 Å². The van der Waals surface area contributed by atoms with Gasteiger partial charge < -0.3 is 4.74 Å². The molecule has 2 aromatic rings. The van der Waals surface area contributed by atoms with Gasteiger partial charge >= 0.3 is 0 Å². The Labute approximate surface area is 112 Å². The third-order valence-electron chi connectivity index (χ3n) is 3.76. The molecule has 1 fully saturated rings. The van der Waals surface area contributed by atoms with Gasteiger partial charge in [-0.15, -0.1) is 5.10 Å². The van der Waals surface area contributed by atoms with Gasteiger partial charge in [0, 0.05) is 0 Å². The summed E-state index contributed by atoms with van der Waals surface area (Å²) in [6.45, 7) is 0. The maximum Gasteiger partial charge on any atom is 0.186 e. The molecule has 19 heavy (non-hydrogen) atoms. The van der Waals surface area contributed by atoms with Crippen molar-refractivity contribution in [3.63, 3.8) is 0 Å². The molecular formula is C14H18N4O. The average Bonchev–Trinajstić information content (AvgIpc) is 2.97. The molecule has 1 saturated carbocycles. The monoisotopic (exact) mass is 258 g/mol. The Bertz CT molecular complexity index is 546. The number of aromatic nitrogens is 4. The molecule has 1 aromatic carbocycles. The maximum absolute atomic E-state index is 5.40. The van der Waals surface area contributed by atoms with E-state index in [9.17, 15) is 0 Å². The summed E-state index contributed by atoms with van der Waals surface area (Å²) in [5.41, 5.74) is 0.959. The summed E-state index contributed by atoms with van der Waals surface area (Å²) in [5.74, 6) is 1.62. The Morgan fingerprint density at radius 3 is 2.74 bits per heavy atom. The third-order valence-corrected chi connectivity index (χ3v) is 3.76. The summed E-state index contributed by atoms with van der Waals surface area (Å²) in [7, 11) is 1.67. The fourth-order valence-corrected chi connectivity index (χ4v) is 2.77. The van der Waals surface area contributed by atoms with Crippen molar-refractivity contribution in [2.45, 2.75) is 38.1 Å². The lowest BCUT2D eigenvalue weighted by Crippen LogP contribution is -2.15. The van der Waals surface area contributed by atoms with Crippen LogP contribution in [0.25, 0.3) is 11.4 Å². The predicted octanol–water partition coefficient (Wildman–Crippen LogP) is 2.85. The fraction of sp³-hybridized carbons (Fsp3) is 0.500. The maximum atomic E-state index is 5.40. The molecule has 0 atom stereocenters. The third kappa shape index (κ3) is 2.32. The first-order valence-electron chi connectivity index (χ1n) is 6.81. The molecule has 3 rings (SSSR count). The minimum absolute atomic E-state index is 0.420.